The molecule has 6 heteroatoms. The quantitative estimate of drug-likeness (QED) is 0.358. The number of nitrogens with zero attached hydrogens (tertiary/aromatic N) is 2. The van der Waals surface area contributed by atoms with Gasteiger partial charge in [-0.2, -0.15) is 0 Å². The monoisotopic (exact) mass is 393 g/mol. The van der Waals surface area contributed by atoms with Gasteiger partial charge in [-0.15, -0.1) is 11.8 Å². The first-order valence-corrected chi connectivity index (χ1v) is 10.5. The highest BCUT2D eigenvalue weighted by atomic mass is 32.2. The van der Waals surface area contributed by atoms with Crippen LogP contribution in [0.5, 0.6) is 5.75 Å². The van der Waals surface area contributed by atoms with Gasteiger partial charge in [0.1, 0.15) is 12.4 Å². The molecule has 0 radical (unpaired) electrons. The van der Waals surface area contributed by atoms with Gasteiger partial charge in [0.05, 0.1) is 11.7 Å². The fourth-order valence-corrected chi connectivity index (χ4v) is 4.10. The van der Waals surface area contributed by atoms with Crippen molar-refractivity contribution in [3.8, 4) is 5.75 Å². The van der Waals surface area contributed by atoms with E-state index in [1.807, 2.05) is 54.2 Å². The van der Waals surface area contributed by atoms with Crippen molar-refractivity contribution in [1.82, 2.24) is 10.3 Å². The van der Waals surface area contributed by atoms with Crippen LogP contribution in [-0.4, -0.2) is 42.1 Å². The number of hydrogen-bond acceptors (Lipinski definition) is 6. The molecule has 144 valence electrons. The Bertz CT molecular complexity index is 924. The van der Waals surface area contributed by atoms with Crippen LogP contribution >= 0.6 is 11.8 Å². The van der Waals surface area contributed by atoms with Gasteiger partial charge in [-0.1, -0.05) is 35.5 Å². The number of rotatable bonds is 8. The Kier molecular flexibility index (Phi) is 6.42. The minimum absolute atomic E-state index is 0.393. The molecule has 0 amide bonds. The molecule has 1 atom stereocenters. The van der Waals surface area contributed by atoms with Crippen LogP contribution in [0.2, 0.25) is 0 Å². The summed E-state index contributed by atoms with van der Waals surface area (Å²) in [6.07, 6.45) is 4.55. The zero-order chi connectivity index (χ0) is 19.0. The Balaban J connectivity index is 1.18. The number of nitrogens with one attached hydrogen (secondary N) is 1. The smallest absolute Gasteiger partial charge is 0.151 e. The average Bonchev–Trinajstić information content (AvgIpc) is 3.25. The van der Waals surface area contributed by atoms with E-state index >= 15 is 0 Å². The predicted molar refractivity (Wildman–Crippen MR) is 115 cm³/mol. The van der Waals surface area contributed by atoms with Crippen molar-refractivity contribution in [3.63, 3.8) is 0 Å². The van der Waals surface area contributed by atoms with Gasteiger partial charge in [0.15, 0.2) is 6.61 Å². The molecule has 28 heavy (non-hydrogen) atoms. The zero-order valence-corrected chi connectivity index (χ0v) is 16.4. The van der Waals surface area contributed by atoms with Crippen molar-refractivity contribution in [2.45, 2.75) is 11.7 Å². The molecule has 1 aliphatic heterocycles. The highest BCUT2D eigenvalue weighted by Crippen LogP contribution is 2.21. The van der Waals surface area contributed by atoms with Gasteiger partial charge >= 0.3 is 0 Å². The van der Waals surface area contributed by atoms with E-state index in [0.717, 1.165) is 41.1 Å². The zero-order valence-electron chi connectivity index (χ0n) is 15.6. The Morgan fingerprint density at radius 1 is 1.14 bits per heavy atom. The van der Waals surface area contributed by atoms with Crippen molar-refractivity contribution in [2.24, 2.45) is 5.16 Å². The van der Waals surface area contributed by atoms with Crippen LogP contribution < -0.4 is 10.1 Å². The lowest BCUT2D eigenvalue weighted by Crippen LogP contribution is -2.14. The Hall–Kier alpha value is -2.57. The number of pyridine rings is 1. The van der Waals surface area contributed by atoms with E-state index in [4.69, 9.17) is 9.57 Å². The molecule has 1 aromatic heterocycles. The fraction of sp³-hybridized carbons (Fsp3) is 0.273. The Morgan fingerprint density at radius 3 is 2.89 bits per heavy atom. The average molecular weight is 394 g/mol. The van der Waals surface area contributed by atoms with E-state index in [9.17, 15) is 0 Å². The normalized spacial score (nSPS) is 16.6. The highest BCUT2D eigenvalue weighted by Gasteiger charge is 2.15. The molecule has 1 N–H and O–H groups in total. The molecule has 5 nitrogen and oxygen atoms in total. The maximum absolute atomic E-state index is 5.71. The molecule has 0 bridgehead atoms. The molecule has 2 heterocycles. The van der Waals surface area contributed by atoms with Crippen molar-refractivity contribution in [2.75, 3.05) is 25.6 Å². The second-order valence-corrected chi connectivity index (χ2v) is 7.90. The second-order valence-electron chi connectivity index (χ2n) is 6.61. The first-order chi connectivity index (χ1) is 13.9. The number of benzene rings is 2. The minimum atomic E-state index is 0.393. The standard InChI is InChI=1S/C22H23N3O2S/c1-2-4-22-19(3-1)11-18(13-24-22)14-25-27-10-9-26-20-7-5-17(6-8-20)12-21-15-23-16-28-21/h1-8,11,13-14,21,23H,9-10,12,15-16H2. The predicted octanol–water partition coefficient (Wildman–Crippen LogP) is 3.87. The minimum Gasteiger partial charge on any atom is -0.490 e. The van der Waals surface area contributed by atoms with Crippen molar-refractivity contribution >= 4 is 28.9 Å². The lowest BCUT2D eigenvalue weighted by atomic mass is 10.1. The molecule has 0 spiro atoms. The number of para-hydroxylation sites is 1. The molecular formula is C22H23N3O2S. The summed E-state index contributed by atoms with van der Waals surface area (Å²) in [5.41, 5.74) is 3.22. The molecule has 0 aliphatic carbocycles. The summed E-state index contributed by atoms with van der Waals surface area (Å²) in [5, 5.41) is 9.14. The SMILES string of the molecule is C(=NOCCOc1ccc(CC2CNCS2)cc1)c1cnc2ccccc2c1. The molecule has 1 fully saturated rings. The second kappa shape index (κ2) is 9.57. The maximum Gasteiger partial charge on any atom is 0.151 e. The summed E-state index contributed by atoms with van der Waals surface area (Å²) in [6, 6.07) is 18.3. The van der Waals surface area contributed by atoms with E-state index < -0.39 is 0 Å². The summed E-state index contributed by atoms with van der Waals surface area (Å²) in [5.74, 6) is 1.92. The van der Waals surface area contributed by atoms with E-state index in [-0.39, 0.29) is 0 Å². The summed E-state index contributed by atoms with van der Waals surface area (Å²) in [7, 11) is 0. The number of ether oxygens (including phenoxy) is 1. The lowest BCUT2D eigenvalue weighted by Gasteiger charge is -2.09. The van der Waals surface area contributed by atoms with E-state index in [1.54, 1.807) is 12.4 Å². The van der Waals surface area contributed by atoms with Gasteiger partial charge in [0.2, 0.25) is 0 Å². The van der Waals surface area contributed by atoms with Crippen molar-refractivity contribution in [1.29, 1.82) is 0 Å². The molecule has 1 unspecified atom stereocenters. The third kappa shape index (κ3) is 5.24. The number of fused-ring (bicyclic) bond motifs is 1. The summed E-state index contributed by atoms with van der Waals surface area (Å²) in [6.45, 7) is 1.94. The van der Waals surface area contributed by atoms with Crippen molar-refractivity contribution < 1.29 is 9.57 Å². The maximum atomic E-state index is 5.71. The molecule has 1 saturated heterocycles. The van der Waals surface area contributed by atoms with Crippen LogP contribution in [0.3, 0.4) is 0 Å². The van der Waals surface area contributed by atoms with Crippen LogP contribution in [0.1, 0.15) is 11.1 Å². The van der Waals surface area contributed by atoms with E-state index in [1.165, 1.54) is 5.56 Å². The molecule has 1 aliphatic rings. The molecule has 0 saturated carbocycles. The number of hydrogen-bond donors (Lipinski definition) is 1. The van der Waals surface area contributed by atoms with Gasteiger partial charge in [-0.25, -0.2) is 0 Å². The topological polar surface area (TPSA) is 55.7 Å². The molecule has 4 rings (SSSR count). The van der Waals surface area contributed by atoms with E-state index in [0.29, 0.717) is 18.5 Å². The van der Waals surface area contributed by atoms with Crippen LogP contribution in [0.25, 0.3) is 10.9 Å². The molecule has 2 aromatic carbocycles. The third-order valence-corrected chi connectivity index (χ3v) is 5.69. The molecular weight excluding hydrogens is 370 g/mol. The van der Waals surface area contributed by atoms with Gasteiger partial charge in [-0.3, -0.25) is 4.98 Å². The van der Waals surface area contributed by atoms with Crippen molar-refractivity contribution in [3.05, 3.63) is 71.9 Å². The molecule has 3 aromatic rings. The van der Waals surface area contributed by atoms with Gasteiger partial charge in [0.25, 0.3) is 0 Å². The van der Waals surface area contributed by atoms with Crippen LogP contribution in [0.4, 0.5) is 0 Å². The Labute approximate surface area is 169 Å². The van der Waals surface area contributed by atoms with E-state index in [2.05, 4.69) is 27.6 Å². The van der Waals surface area contributed by atoms with Gasteiger partial charge in [-0.05, 0) is 36.2 Å². The van der Waals surface area contributed by atoms with Crippen LogP contribution in [-0.2, 0) is 11.3 Å². The third-order valence-electron chi connectivity index (χ3n) is 4.51. The lowest BCUT2D eigenvalue weighted by molar-refractivity contribution is 0.108. The summed E-state index contributed by atoms with van der Waals surface area (Å²) < 4.78 is 5.71. The van der Waals surface area contributed by atoms with Crippen LogP contribution in [0, 0.1) is 0 Å². The number of thioether (sulfide) groups is 1. The fourth-order valence-electron chi connectivity index (χ4n) is 3.08. The first kappa shape index (κ1) is 18.8. The van der Waals surface area contributed by atoms with Crippen LogP contribution in [0.15, 0.2) is 65.9 Å². The number of oxime groups is 1. The summed E-state index contributed by atoms with van der Waals surface area (Å²) in [4.78, 5) is 9.69. The Morgan fingerprint density at radius 2 is 2.04 bits per heavy atom. The van der Waals surface area contributed by atoms with Gasteiger partial charge in [0, 0.05) is 34.8 Å². The number of aromatic nitrogens is 1. The van der Waals surface area contributed by atoms with Gasteiger partial charge < -0.3 is 14.9 Å². The highest BCUT2D eigenvalue weighted by molar-refractivity contribution is 8.00. The first-order valence-electron chi connectivity index (χ1n) is 9.41. The largest absolute Gasteiger partial charge is 0.490 e. The summed E-state index contributed by atoms with van der Waals surface area (Å²) >= 11 is 1.99.